The highest BCUT2D eigenvalue weighted by Crippen LogP contribution is 2.16. The second kappa shape index (κ2) is 8.33. The van der Waals surface area contributed by atoms with Crippen LogP contribution in [0.5, 0.6) is 0 Å². The Kier molecular flexibility index (Phi) is 6.45. The van der Waals surface area contributed by atoms with E-state index in [2.05, 4.69) is 33.9 Å². The second-order valence-corrected chi connectivity index (χ2v) is 7.03. The summed E-state index contributed by atoms with van der Waals surface area (Å²) in [5.41, 5.74) is 0.734. The Hall–Kier alpha value is -1.34. The van der Waals surface area contributed by atoms with E-state index < -0.39 is 0 Å². The lowest BCUT2D eigenvalue weighted by Gasteiger charge is -2.11. The summed E-state index contributed by atoms with van der Waals surface area (Å²) < 4.78 is 2.19. The van der Waals surface area contributed by atoms with Crippen molar-refractivity contribution in [1.82, 2.24) is 20.1 Å². The number of amides is 1. The van der Waals surface area contributed by atoms with Gasteiger partial charge in [-0.05, 0) is 30.0 Å². The Morgan fingerprint density at radius 2 is 2.27 bits per heavy atom. The van der Waals surface area contributed by atoms with Crippen molar-refractivity contribution >= 4 is 29.0 Å². The maximum atomic E-state index is 11.8. The molecule has 0 aliphatic carbocycles. The number of nitrogens with one attached hydrogen (secondary N) is 1. The van der Waals surface area contributed by atoms with Crippen molar-refractivity contribution in [2.24, 2.45) is 5.92 Å². The molecule has 0 fully saturated rings. The van der Waals surface area contributed by atoms with Crippen molar-refractivity contribution < 1.29 is 4.79 Å². The number of rotatable bonds is 8. The minimum absolute atomic E-state index is 0.00491. The Bertz CT molecular complexity index is 593. The molecular formula is C15H22N4OS2. The van der Waals surface area contributed by atoms with Gasteiger partial charge >= 0.3 is 0 Å². The molecule has 0 aromatic carbocycles. The van der Waals surface area contributed by atoms with Gasteiger partial charge in [0.05, 0.1) is 0 Å². The molecule has 2 rings (SSSR count). The van der Waals surface area contributed by atoms with Gasteiger partial charge in [-0.15, -0.1) is 10.2 Å². The summed E-state index contributed by atoms with van der Waals surface area (Å²) in [4.78, 5) is 11.8. The number of aromatic nitrogens is 3. The lowest BCUT2D eigenvalue weighted by molar-refractivity contribution is 0.0953. The minimum atomic E-state index is -0.00491. The molecule has 0 unspecified atom stereocenters. The van der Waals surface area contributed by atoms with Crippen LogP contribution in [0.2, 0.25) is 0 Å². The summed E-state index contributed by atoms with van der Waals surface area (Å²) in [6.45, 7) is 5.96. The molecule has 0 atom stereocenters. The van der Waals surface area contributed by atoms with Gasteiger partial charge in [0.2, 0.25) is 0 Å². The molecule has 0 aliphatic heterocycles. The first-order valence-electron chi connectivity index (χ1n) is 7.38. The maximum Gasteiger partial charge on any atom is 0.252 e. The van der Waals surface area contributed by atoms with Gasteiger partial charge in [-0.1, -0.05) is 25.6 Å². The highest BCUT2D eigenvalue weighted by molar-refractivity contribution is 7.98. The van der Waals surface area contributed by atoms with Crippen molar-refractivity contribution in [3.05, 3.63) is 28.2 Å². The van der Waals surface area contributed by atoms with E-state index in [0.29, 0.717) is 12.5 Å². The van der Waals surface area contributed by atoms with Gasteiger partial charge in [-0.3, -0.25) is 4.79 Å². The molecule has 1 amide bonds. The predicted molar refractivity (Wildman–Crippen MR) is 91.6 cm³/mol. The lowest BCUT2D eigenvalue weighted by Crippen LogP contribution is -2.24. The number of thiophene rings is 1. The smallest absolute Gasteiger partial charge is 0.252 e. The number of thioether (sulfide) groups is 1. The first-order chi connectivity index (χ1) is 10.6. The minimum Gasteiger partial charge on any atom is -0.352 e. The van der Waals surface area contributed by atoms with Crippen molar-refractivity contribution in [2.75, 3.05) is 12.8 Å². The van der Waals surface area contributed by atoms with E-state index in [9.17, 15) is 4.79 Å². The van der Waals surface area contributed by atoms with Crippen LogP contribution in [0.15, 0.2) is 22.0 Å². The number of carbonyl (C=O) groups excluding carboxylic acids is 1. The number of aryl methyl sites for hydroxylation is 1. The Morgan fingerprint density at radius 3 is 2.91 bits per heavy atom. The van der Waals surface area contributed by atoms with Gasteiger partial charge in [0.25, 0.3) is 5.91 Å². The number of hydrogen-bond acceptors (Lipinski definition) is 5. The molecule has 120 valence electrons. The van der Waals surface area contributed by atoms with Gasteiger partial charge in [0, 0.05) is 30.5 Å². The van der Waals surface area contributed by atoms with Crippen LogP contribution >= 0.6 is 23.1 Å². The second-order valence-electron chi connectivity index (χ2n) is 5.48. The summed E-state index contributed by atoms with van der Waals surface area (Å²) in [6.07, 6.45) is 3.70. The predicted octanol–water partition coefficient (Wildman–Crippen LogP) is 3.08. The molecule has 0 bridgehead atoms. The summed E-state index contributed by atoms with van der Waals surface area (Å²) >= 11 is 3.15. The van der Waals surface area contributed by atoms with Crippen LogP contribution in [0.4, 0.5) is 0 Å². The van der Waals surface area contributed by atoms with Crippen molar-refractivity contribution in [2.45, 2.75) is 38.4 Å². The number of hydrogen-bond donors (Lipinski definition) is 1. The molecule has 1 N–H and O–H groups in total. The maximum absolute atomic E-state index is 11.8. The van der Waals surface area contributed by atoms with Gasteiger partial charge in [-0.2, -0.15) is 11.3 Å². The Morgan fingerprint density at radius 1 is 1.45 bits per heavy atom. The third kappa shape index (κ3) is 4.58. The fourth-order valence-electron chi connectivity index (χ4n) is 2.15. The first kappa shape index (κ1) is 17.0. The van der Waals surface area contributed by atoms with Crippen LogP contribution in [0.3, 0.4) is 0 Å². The topological polar surface area (TPSA) is 59.8 Å². The Balaban J connectivity index is 1.84. The van der Waals surface area contributed by atoms with E-state index in [1.54, 1.807) is 11.8 Å². The zero-order valence-electron chi connectivity index (χ0n) is 13.2. The van der Waals surface area contributed by atoms with Crippen LogP contribution in [0, 0.1) is 5.92 Å². The van der Waals surface area contributed by atoms with Gasteiger partial charge in [-0.25, -0.2) is 0 Å². The van der Waals surface area contributed by atoms with Crippen LogP contribution in [0.25, 0.3) is 0 Å². The first-order valence-corrected chi connectivity index (χ1v) is 9.55. The Labute approximate surface area is 139 Å². The summed E-state index contributed by atoms with van der Waals surface area (Å²) in [5.74, 6) is 1.55. The molecule has 0 saturated carbocycles. The molecule has 0 saturated heterocycles. The van der Waals surface area contributed by atoms with Crippen molar-refractivity contribution in [3.8, 4) is 0 Å². The van der Waals surface area contributed by atoms with Crippen molar-refractivity contribution in [3.63, 3.8) is 0 Å². The molecule has 0 aliphatic rings. The van der Waals surface area contributed by atoms with Crippen LogP contribution in [-0.2, 0) is 13.0 Å². The molecule has 0 spiro atoms. The van der Waals surface area contributed by atoms with E-state index in [4.69, 9.17) is 0 Å². The summed E-state index contributed by atoms with van der Waals surface area (Å²) in [6, 6.07) is 1.84. The molecule has 2 heterocycles. The number of nitrogens with zero attached hydrogens (tertiary/aromatic N) is 3. The average Bonchev–Trinajstić information content (AvgIpc) is 3.13. The van der Waals surface area contributed by atoms with Crippen LogP contribution < -0.4 is 5.32 Å². The largest absolute Gasteiger partial charge is 0.352 e. The van der Waals surface area contributed by atoms with Crippen LogP contribution in [0.1, 0.15) is 36.5 Å². The zero-order chi connectivity index (χ0) is 15.9. The van der Waals surface area contributed by atoms with E-state index in [1.807, 2.05) is 23.1 Å². The normalized spacial score (nSPS) is 11.1. The zero-order valence-corrected chi connectivity index (χ0v) is 14.8. The molecular weight excluding hydrogens is 316 g/mol. The lowest BCUT2D eigenvalue weighted by atomic mass is 10.2. The standard InChI is InChI=1S/C15H22N4OS2/c1-11(2)9-19-13(17-18-15(19)21-3)5-4-7-16-14(20)12-6-8-22-10-12/h6,8,10-11H,4-5,7,9H2,1-3H3,(H,16,20). The quantitative estimate of drug-likeness (QED) is 0.593. The summed E-state index contributed by atoms with van der Waals surface area (Å²) in [7, 11) is 0. The monoisotopic (exact) mass is 338 g/mol. The van der Waals surface area contributed by atoms with E-state index in [-0.39, 0.29) is 5.91 Å². The molecule has 2 aromatic heterocycles. The highest BCUT2D eigenvalue weighted by atomic mass is 32.2. The van der Waals surface area contributed by atoms with Gasteiger partial charge in [0.15, 0.2) is 5.16 Å². The van der Waals surface area contributed by atoms with Crippen LogP contribution in [-0.4, -0.2) is 33.5 Å². The molecule has 2 aromatic rings. The van der Waals surface area contributed by atoms with Gasteiger partial charge < -0.3 is 9.88 Å². The highest BCUT2D eigenvalue weighted by Gasteiger charge is 2.12. The van der Waals surface area contributed by atoms with E-state index >= 15 is 0 Å². The van der Waals surface area contributed by atoms with E-state index in [1.165, 1.54) is 11.3 Å². The number of carbonyl (C=O) groups is 1. The molecule has 0 radical (unpaired) electrons. The fraction of sp³-hybridized carbons (Fsp3) is 0.533. The average molecular weight is 339 g/mol. The van der Waals surface area contributed by atoms with E-state index in [0.717, 1.165) is 35.9 Å². The van der Waals surface area contributed by atoms with Crippen molar-refractivity contribution in [1.29, 1.82) is 0 Å². The SMILES string of the molecule is CSc1nnc(CCCNC(=O)c2ccsc2)n1CC(C)C. The summed E-state index contributed by atoms with van der Waals surface area (Å²) in [5, 5.41) is 16.2. The van der Waals surface area contributed by atoms with Gasteiger partial charge in [0.1, 0.15) is 5.82 Å². The molecule has 5 nitrogen and oxygen atoms in total. The molecule has 7 heteroatoms. The fourth-order valence-corrected chi connectivity index (χ4v) is 3.31. The third-order valence-corrected chi connectivity index (χ3v) is 4.52. The third-order valence-electron chi connectivity index (χ3n) is 3.17. The molecule has 22 heavy (non-hydrogen) atoms.